The standard InChI is InChI=1S/C23H25NO4/c25-22(26)21(13-15-7-1-2-8-15)24-23(27)28-14-20-18-11-5-3-9-16(18)17-10-4-6-12-19(17)20/h3-6,9-12,15,20-21H,1-2,7-8,13-14H2,(H,24,27)(H,25,26)/t21-/m0/s1. The molecule has 5 heteroatoms. The zero-order valence-electron chi connectivity index (χ0n) is 15.8. The van der Waals surface area contributed by atoms with Crippen LogP contribution < -0.4 is 5.32 Å². The number of fused-ring (bicyclic) bond motifs is 3. The molecule has 0 radical (unpaired) electrons. The van der Waals surface area contributed by atoms with E-state index in [2.05, 4.69) is 29.6 Å². The Bertz CT molecular complexity index is 827. The first-order valence-corrected chi connectivity index (χ1v) is 9.98. The number of ether oxygens (including phenoxy) is 1. The van der Waals surface area contributed by atoms with Crippen molar-refractivity contribution in [2.75, 3.05) is 6.61 Å². The highest BCUT2D eigenvalue weighted by molar-refractivity contribution is 5.81. The Hall–Kier alpha value is -2.82. The number of hydrogen-bond acceptors (Lipinski definition) is 3. The van der Waals surface area contributed by atoms with Crippen molar-refractivity contribution in [2.45, 2.75) is 44.1 Å². The molecule has 1 amide bonds. The maximum absolute atomic E-state index is 12.3. The van der Waals surface area contributed by atoms with Crippen LogP contribution in [0.1, 0.15) is 49.1 Å². The van der Waals surface area contributed by atoms with E-state index in [1.807, 2.05) is 24.3 Å². The van der Waals surface area contributed by atoms with Gasteiger partial charge in [0.05, 0.1) is 0 Å². The second kappa shape index (κ2) is 8.05. The van der Waals surface area contributed by atoms with E-state index >= 15 is 0 Å². The minimum atomic E-state index is -1.000. The minimum absolute atomic E-state index is 0.0312. The lowest BCUT2D eigenvalue weighted by Crippen LogP contribution is -2.42. The molecule has 2 aliphatic rings. The molecule has 1 atom stereocenters. The number of carboxylic acid groups (broad SMARTS) is 1. The highest BCUT2D eigenvalue weighted by Crippen LogP contribution is 2.44. The van der Waals surface area contributed by atoms with E-state index < -0.39 is 18.1 Å². The average Bonchev–Trinajstić information content (AvgIpc) is 3.32. The Labute approximate surface area is 164 Å². The van der Waals surface area contributed by atoms with Crippen LogP contribution in [-0.4, -0.2) is 29.8 Å². The second-order valence-electron chi connectivity index (χ2n) is 7.75. The van der Waals surface area contributed by atoms with Crippen LogP contribution in [0.5, 0.6) is 0 Å². The summed E-state index contributed by atoms with van der Waals surface area (Å²) in [6.07, 6.45) is 4.17. The lowest BCUT2D eigenvalue weighted by atomic mass is 9.98. The van der Waals surface area contributed by atoms with Gasteiger partial charge in [-0.15, -0.1) is 0 Å². The summed E-state index contributed by atoms with van der Waals surface area (Å²) in [6, 6.07) is 15.4. The van der Waals surface area contributed by atoms with Crippen LogP contribution in [0.4, 0.5) is 4.79 Å². The molecule has 0 bridgehead atoms. The quantitative estimate of drug-likeness (QED) is 0.771. The number of carbonyl (C=O) groups is 2. The minimum Gasteiger partial charge on any atom is -0.480 e. The fraction of sp³-hybridized carbons (Fsp3) is 0.391. The van der Waals surface area contributed by atoms with E-state index in [-0.39, 0.29) is 12.5 Å². The number of nitrogens with one attached hydrogen (secondary N) is 1. The van der Waals surface area contributed by atoms with Crippen molar-refractivity contribution in [1.82, 2.24) is 5.32 Å². The lowest BCUT2D eigenvalue weighted by Gasteiger charge is -2.19. The predicted molar refractivity (Wildman–Crippen MR) is 106 cm³/mol. The first-order valence-electron chi connectivity index (χ1n) is 9.98. The van der Waals surface area contributed by atoms with Gasteiger partial charge in [0.2, 0.25) is 0 Å². The topological polar surface area (TPSA) is 75.6 Å². The van der Waals surface area contributed by atoms with Crippen LogP contribution in [0.25, 0.3) is 11.1 Å². The Kier molecular flexibility index (Phi) is 5.33. The van der Waals surface area contributed by atoms with Crippen LogP contribution >= 0.6 is 0 Å². The fourth-order valence-corrected chi connectivity index (χ4v) is 4.58. The number of carboxylic acids is 1. The summed E-state index contributed by atoms with van der Waals surface area (Å²) in [5.74, 6) is -0.661. The van der Waals surface area contributed by atoms with Gasteiger partial charge in [-0.2, -0.15) is 0 Å². The zero-order valence-corrected chi connectivity index (χ0v) is 15.8. The van der Waals surface area contributed by atoms with E-state index in [0.29, 0.717) is 12.3 Å². The van der Waals surface area contributed by atoms with Gasteiger partial charge >= 0.3 is 12.1 Å². The molecule has 2 N–H and O–H groups in total. The van der Waals surface area contributed by atoms with Crippen molar-refractivity contribution < 1.29 is 19.4 Å². The smallest absolute Gasteiger partial charge is 0.407 e. The number of aliphatic carboxylic acids is 1. The van der Waals surface area contributed by atoms with Crippen LogP contribution in [0.2, 0.25) is 0 Å². The van der Waals surface area contributed by atoms with Gasteiger partial charge in [-0.1, -0.05) is 74.2 Å². The Morgan fingerprint density at radius 3 is 2.14 bits per heavy atom. The van der Waals surface area contributed by atoms with Gasteiger partial charge < -0.3 is 15.2 Å². The first kappa shape index (κ1) is 18.5. The summed E-state index contributed by atoms with van der Waals surface area (Å²) in [7, 11) is 0. The van der Waals surface area contributed by atoms with Crippen molar-refractivity contribution in [3.8, 4) is 11.1 Å². The number of benzene rings is 2. The van der Waals surface area contributed by atoms with E-state index in [0.717, 1.165) is 47.9 Å². The van der Waals surface area contributed by atoms with Crippen molar-refractivity contribution in [1.29, 1.82) is 0 Å². The molecule has 0 spiro atoms. The summed E-state index contributed by atoms with van der Waals surface area (Å²) >= 11 is 0. The van der Waals surface area contributed by atoms with Gasteiger partial charge in [0.1, 0.15) is 12.6 Å². The third-order valence-corrected chi connectivity index (χ3v) is 5.98. The number of carbonyl (C=O) groups excluding carboxylic acids is 1. The predicted octanol–water partition coefficient (Wildman–Crippen LogP) is 4.56. The van der Waals surface area contributed by atoms with Crippen molar-refractivity contribution in [3.63, 3.8) is 0 Å². The van der Waals surface area contributed by atoms with Crippen molar-refractivity contribution >= 4 is 12.1 Å². The number of amides is 1. The van der Waals surface area contributed by atoms with E-state index in [1.165, 1.54) is 0 Å². The number of hydrogen-bond donors (Lipinski definition) is 2. The molecule has 146 valence electrons. The first-order chi connectivity index (χ1) is 13.6. The van der Waals surface area contributed by atoms with E-state index in [4.69, 9.17) is 4.74 Å². The monoisotopic (exact) mass is 379 g/mol. The SMILES string of the molecule is O=C(N[C@@H](CC1CCCC1)C(=O)O)OCC1c2ccccc2-c2ccccc21. The molecule has 0 aliphatic heterocycles. The van der Waals surface area contributed by atoms with E-state index in [1.54, 1.807) is 0 Å². The molecule has 0 unspecified atom stereocenters. The second-order valence-corrected chi connectivity index (χ2v) is 7.75. The van der Waals surface area contributed by atoms with Crippen molar-refractivity contribution in [3.05, 3.63) is 59.7 Å². The number of rotatable bonds is 6. The van der Waals surface area contributed by atoms with Crippen LogP contribution in [-0.2, 0) is 9.53 Å². The molecule has 0 heterocycles. The molecule has 0 saturated heterocycles. The average molecular weight is 379 g/mol. The van der Waals surface area contributed by atoms with Gasteiger partial charge in [-0.05, 0) is 34.6 Å². The fourth-order valence-electron chi connectivity index (χ4n) is 4.58. The lowest BCUT2D eigenvalue weighted by molar-refractivity contribution is -0.139. The zero-order chi connectivity index (χ0) is 19.5. The van der Waals surface area contributed by atoms with Gasteiger partial charge in [0, 0.05) is 5.92 Å². The molecule has 2 aromatic carbocycles. The Morgan fingerprint density at radius 2 is 1.57 bits per heavy atom. The molecule has 2 aliphatic carbocycles. The van der Waals surface area contributed by atoms with Crippen molar-refractivity contribution in [2.24, 2.45) is 5.92 Å². The molecule has 2 aromatic rings. The Morgan fingerprint density at radius 1 is 1.00 bits per heavy atom. The molecular formula is C23H25NO4. The van der Waals surface area contributed by atoms with Crippen LogP contribution in [0.3, 0.4) is 0 Å². The third kappa shape index (κ3) is 3.75. The van der Waals surface area contributed by atoms with Gasteiger partial charge in [-0.3, -0.25) is 0 Å². The molecule has 1 fully saturated rings. The normalized spacial score (nSPS) is 17.0. The van der Waals surface area contributed by atoms with Crippen LogP contribution in [0, 0.1) is 5.92 Å². The third-order valence-electron chi connectivity index (χ3n) is 5.98. The summed E-state index contributed by atoms with van der Waals surface area (Å²) in [5.41, 5.74) is 4.60. The van der Waals surface area contributed by atoms with E-state index in [9.17, 15) is 14.7 Å². The van der Waals surface area contributed by atoms with Gasteiger partial charge in [0.25, 0.3) is 0 Å². The molecule has 4 rings (SSSR count). The molecule has 1 saturated carbocycles. The maximum Gasteiger partial charge on any atom is 0.407 e. The molecule has 28 heavy (non-hydrogen) atoms. The maximum atomic E-state index is 12.3. The van der Waals surface area contributed by atoms with Crippen LogP contribution in [0.15, 0.2) is 48.5 Å². The highest BCUT2D eigenvalue weighted by atomic mass is 16.5. The molecule has 0 aromatic heterocycles. The highest BCUT2D eigenvalue weighted by Gasteiger charge is 2.30. The van der Waals surface area contributed by atoms with Gasteiger partial charge in [0.15, 0.2) is 0 Å². The largest absolute Gasteiger partial charge is 0.480 e. The summed E-state index contributed by atoms with van der Waals surface area (Å²) in [4.78, 5) is 23.9. The summed E-state index contributed by atoms with van der Waals surface area (Å²) in [5, 5.41) is 12.0. The molecular weight excluding hydrogens is 354 g/mol. The van der Waals surface area contributed by atoms with Gasteiger partial charge in [-0.25, -0.2) is 9.59 Å². The summed E-state index contributed by atoms with van der Waals surface area (Å²) in [6.45, 7) is 0.190. The molecule has 5 nitrogen and oxygen atoms in total. The summed E-state index contributed by atoms with van der Waals surface area (Å²) < 4.78 is 5.47. The Balaban J connectivity index is 1.41. The number of alkyl carbamates (subject to hydrolysis) is 1.